The molecule has 1 heterocycles. The molecule has 1 unspecified atom stereocenters. The van der Waals surface area contributed by atoms with Crippen LogP contribution in [0, 0.1) is 6.92 Å². The van der Waals surface area contributed by atoms with Gasteiger partial charge in [0.2, 0.25) is 16.9 Å². The fraction of sp³-hybridized carbons (Fsp3) is 0.412. The molecular formula is C17H22N4O4S2. The third kappa shape index (κ3) is 5.83. The Morgan fingerprint density at radius 3 is 2.33 bits per heavy atom. The number of aryl methyl sites for hydroxylation is 2. The minimum Gasteiger partial charge on any atom is -0.325 e. The number of rotatable bonds is 8. The van der Waals surface area contributed by atoms with E-state index in [-0.39, 0.29) is 11.6 Å². The van der Waals surface area contributed by atoms with Crippen LogP contribution < -0.4 is 10.6 Å². The highest BCUT2D eigenvalue weighted by Gasteiger charge is 2.33. The van der Waals surface area contributed by atoms with Crippen molar-refractivity contribution in [2.75, 3.05) is 16.4 Å². The number of anilines is 2. The zero-order valence-electron chi connectivity index (χ0n) is 15.4. The number of hydrogen-bond donors (Lipinski definition) is 2. The zero-order valence-corrected chi connectivity index (χ0v) is 17.0. The van der Waals surface area contributed by atoms with E-state index in [2.05, 4.69) is 20.8 Å². The number of nitrogens with one attached hydrogen (secondary N) is 2. The van der Waals surface area contributed by atoms with Gasteiger partial charge in [-0.1, -0.05) is 42.9 Å². The van der Waals surface area contributed by atoms with E-state index in [4.69, 9.17) is 0 Å². The number of sulfone groups is 1. The van der Waals surface area contributed by atoms with Crippen LogP contribution >= 0.6 is 11.3 Å². The summed E-state index contributed by atoms with van der Waals surface area (Å²) in [7, 11) is -3.99. The van der Waals surface area contributed by atoms with Crippen LogP contribution in [0.25, 0.3) is 0 Å². The molecule has 2 aromatic rings. The Bertz CT molecular complexity index is 907. The second-order valence-electron chi connectivity index (χ2n) is 5.96. The van der Waals surface area contributed by atoms with Crippen molar-refractivity contribution in [2.45, 2.75) is 38.9 Å². The van der Waals surface area contributed by atoms with Crippen molar-refractivity contribution < 1.29 is 18.0 Å². The van der Waals surface area contributed by atoms with Gasteiger partial charge < -0.3 is 5.32 Å². The Balaban J connectivity index is 2.03. The summed E-state index contributed by atoms with van der Waals surface area (Å²) in [6.07, 6.45) is 0.716. The summed E-state index contributed by atoms with van der Waals surface area (Å²) in [5.41, 5.74) is 1.52. The maximum Gasteiger partial charge on any atom is 0.244 e. The molecule has 0 aliphatic rings. The van der Waals surface area contributed by atoms with Crippen molar-refractivity contribution in [1.82, 2.24) is 10.2 Å². The van der Waals surface area contributed by atoms with E-state index in [0.29, 0.717) is 12.1 Å². The first-order valence-corrected chi connectivity index (χ1v) is 11.0. The average molecular weight is 411 g/mol. The Morgan fingerprint density at radius 2 is 1.78 bits per heavy atom. The monoisotopic (exact) mass is 410 g/mol. The molecule has 0 aliphatic carbocycles. The predicted molar refractivity (Wildman–Crippen MR) is 106 cm³/mol. The topological polar surface area (TPSA) is 118 Å². The first kappa shape index (κ1) is 21.0. The van der Waals surface area contributed by atoms with Crippen LogP contribution in [0.3, 0.4) is 0 Å². The average Bonchev–Trinajstić information content (AvgIpc) is 3.04. The maximum atomic E-state index is 12.6. The highest BCUT2D eigenvalue weighted by molar-refractivity contribution is 7.93. The van der Waals surface area contributed by atoms with Gasteiger partial charge in [0.05, 0.1) is 0 Å². The molecule has 0 saturated carbocycles. The molecule has 0 radical (unpaired) electrons. The number of aromatic nitrogens is 2. The van der Waals surface area contributed by atoms with Gasteiger partial charge in [-0.3, -0.25) is 14.9 Å². The molecule has 8 nitrogen and oxygen atoms in total. The molecule has 0 bridgehead atoms. The van der Waals surface area contributed by atoms with Crippen LogP contribution in [0.5, 0.6) is 0 Å². The zero-order chi connectivity index (χ0) is 20.0. The summed E-state index contributed by atoms with van der Waals surface area (Å²) < 4.78 is 25.1. The van der Waals surface area contributed by atoms with E-state index in [1.165, 1.54) is 11.3 Å². The van der Waals surface area contributed by atoms with Crippen LogP contribution in [0.2, 0.25) is 0 Å². The quantitative estimate of drug-likeness (QED) is 0.689. The fourth-order valence-electron chi connectivity index (χ4n) is 2.35. The number of carbonyl (C=O) groups excluding carboxylic acids is 2. The highest BCUT2D eigenvalue weighted by Crippen LogP contribution is 2.18. The lowest BCUT2D eigenvalue weighted by atomic mass is 10.2. The van der Waals surface area contributed by atoms with Crippen LogP contribution in [0.15, 0.2) is 24.3 Å². The molecule has 1 aromatic heterocycles. The van der Waals surface area contributed by atoms with Gasteiger partial charge in [0.25, 0.3) is 0 Å². The third-order valence-electron chi connectivity index (χ3n) is 3.76. The van der Waals surface area contributed by atoms with Gasteiger partial charge in [0.1, 0.15) is 16.0 Å². The minimum absolute atomic E-state index is 0.0470. The van der Waals surface area contributed by atoms with E-state index >= 15 is 0 Å². The molecule has 2 amide bonds. The maximum absolute atomic E-state index is 12.6. The summed E-state index contributed by atoms with van der Waals surface area (Å²) >= 11 is 1.19. The SMILES string of the molecule is CCc1nnc(NC(=O)C(CC)S(=O)(=O)CC(=O)Nc2ccc(C)cc2)s1. The molecular weight excluding hydrogens is 388 g/mol. The molecule has 0 aliphatic heterocycles. The van der Waals surface area contributed by atoms with Gasteiger partial charge in [-0.05, 0) is 31.9 Å². The number of benzene rings is 1. The molecule has 27 heavy (non-hydrogen) atoms. The molecule has 146 valence electrons. The lowest BCUT2D eigenvalue weighted by Crippen LogP contribution is -2.39. The van der Waals surface area contributed by atoms with E-state index in [9.17, 15) is 18.0 Å². The largest absolute Gasteiger partial charge is 0.325 e. The molecule has 1 aromatic carbocycles. The molecule has 2 N–H and O–H groups in total. The van der Waals surface area contributed by atoms with E-state index in [1.807, 2.05) is 13.8 Å². The van der Waals surface area contributed by atoms with Crippen molar-refractivity contribution in [1.29, 1.82) is 0 Å². The van der Waals surface area contributed by atoms with Crippen molar-refractivity contribution in [3.8, 4) is 0 Å². The summed E-state index contributed by atoms with van der Waals surface area (Å²) in [6, 6.07) is 6.98. The minimum atomic E-state index is -3.99. The van der Waals surface area contributed by atoms with Gasteiger partial charge in [-0.15, -0.1) is 10.2 Å². The van der Waals surface area contributed by atoms with E-state index in [0.717, 1.165) is 10.6 Å². The number of carbonyl (C=O) groups is 2. The Hall–Kier alpha value is -2.33. The predicted octanol–water partition coefficient (Wildman–Crippen LogP) is 2.18. The second-order valence-corrected chi connectivity index (χ2v) is 9.21. The number of hydrogen-bond acceptors (Lipinski definition) is 7. The summed E-state index contributed by atoms with van der Waals surface area (Å²) in [5.74, 6) is -2.17. The van der Waals surface area contributed by atoms with E-state index in [1.54, 1.807) is 31.2 Å². The van der Waals surface area contributed by atoms with Gasteiger partial charge in [0.15, 0.2) is 9.84 Å². The van der Waals surface area contributed by atoms with Crippen molar-refractivity contribution in [3.63, 3.8) is 0 Å². The highest BCUT2D eigenvalue weighted by atomic mass is 32.2. The lowest BCUT2D eigenvalue weighted by molar-refractivity contribution is -0.115. The lowest BCUT2D eigenvalue weighted by Gasteiger charge is -2.14. The van der Waals surface area contributed by atoms with Crippen molar-refractivity contribution >= 4 is 43.8 Å². The fourth-order valence-corrected chi connectivity index (χ4v) is 4.57. The van der Waals surface area contributed by atoms with Gasteiger partial charge in [-0.2, -0.15) is 0 Å². The molecule has 10 heteroatoms. The molecule has 0 fully saturated rings. The van der Waals surface area contributed by atoms with Gasteiger partial charge in [0, 0.05) is 5.69 Å². The third-order valence-corrected chi connectivity index (χ3v) is 6.83. The van der Waals surface area contributed by atoms with Crippen LogP contribution in [0.4, 0.5) is 10.8 Å². The molecule has 0 saturated heterocycles. The molecule has 1 atom stereocenters. The first-order chi connectivity index (χ1) is 12.7. The molecule has 2 rings (SSSR count). The molecule has 0 spiro atoms. The van der Waals surface area contributed by atoms with Crippen molar-refractivity contribution in [3.05, 3.63) is 34.8 Å². The first-order valence-electron chi connectivity index (χ1n) is 8.46. The Morgan fingerprint density at radius 1 is 1.11 bits per heavy atom. The van der Waals surface area contributed by atoms with Crippen LogP contribution in [-0.2, 0) is 25.8 Å². The summed E-state index contributed by atoms with van der Waals surface area (Å²) in [6.45, 7) is 5.39. The number of nitrogens with zero attached hydrogens (tertiary/aromatic N) is 2. The normalized spacial score (nSPS) is 12.4. The van der Waals surface area contributed by atoms with E-state index < -0.39 is 32.7 Å². The van der Waals surface area contributed by atoms with Crippen molar-refractivity contribution in [2.24, 2.45) is 0 Å². The van der Waals surface area contributed by atoms with Gasteiger partial charge >= 0.3 is 0 Å². The standard InChI is InChI=1S/C17H22N4O4S2/c1-4-13(16(23)19-17-21-20-15(5-2)26-17)27(24,25)10-14(22)18-12-8-6-11(3)7-9-12/h6-9,13H,4-5,10H2,1-3H3,(H,18,22)(H,19,21,23). The van der Waals surface area contributed by atoms with Crippen LogP contribution in [-0.4, -0.2) is 41.4 Å². The van der Waals surface area contributed by atoms with Gasteiger partial charge in [-0.25, -0.2) is 8.42 Å². The summed E-state index contributed by atoms with van der Waals surface area (Å²) in [5, 5.41) is 12.3. The Labute approximate surface area is 162 Å². The van der Waals surface area contributed by atoms with Crippen LogP contribution in [0.1, 0.15) is 30.8 Å². The smallest absolute Gasteiger partial charge is 0.244 e. The number of amides is 2. The summed E-state index contributed by atoms with van der Waals surface area (Å²) in [4.78, 5) is 24.5. The Kier molecular flexibility index (Phi) is 7.03. The second kappa shape index (κ2) is 9.05.